The Morgan fingerprint density at radius 2 is 2.19 bits per heavy atom. The molecule has 1 aromatic carbocycles. The number of aromatic amines is 1. The molecule has 1 atom stereocenters. The molecular weight excluding hydrogens is 342 g/mol. The zero-order valence-electron chi connectivity index (χ0n) is 15.7. The smallest absolute Gasteiger partial charge is 0.306 e. The number of benzene rings is 1. The van der Waals surface area contributed by atoms with E-state index < -0.39 is 11.9 Å². The Hall–Kier alpha value is -3.02. The van der Waals surface area contributed by atoms with Gasteiger partial charge in [-0.3, -0.25) is 4.79 Å². The first-order chi connectivity index (χ1) is 13.0. The molecule has 0 aliphatic rings. The minimum Gasteiger partial charge on any atom is -0.494 e. The molecule has 3 N–H and O–H groups in total. The van der Waals surface area contributed by atoms with Crippen molar-refractivity contribution in [3.8, 4) is 5.75 Å². The van der Waals surface area contributed by atoms with Crippen molar-refractivity contribution in [2.45, 2.75) is 26.7 Å². The lowest BCUT2D eigenvalue weighted by Crippen LogP contribution is -2.12. The van der Waals surface area contributed by atoms with Gasteiger partial charge in [0.15, 0.2) is 0 Å². The normalized spacial score (nSPS) is 12.1. The summed E-state index contributed by atoms with van der Waals surface area (Å²) in [5.74, 6) is 0.448. The van der Waals surface area contributed by atoms with E-state index in [9.17, 15) is 9.90 Å². The first-order valence-electron chi connectivity index (χ1n) is 9.16. The average Bonchev–Trinajstić information content (AvgIpc) is 2.97. The van der Waals surface area contributed by atoms with Crippen LogP contribution in [0.4, 0.5) is 5.82 Å². The number of aryl methyl sites for hydroxylation is 1. The molecule has 0 bridgehead atoms. The summed E-state index contributed by atoms with van der Waals surface area (Å²) in [6.45, 7) is 5.09. The molecule has 6 nitrogen and oxygen atoms in total. The monoisotopic (exact) mass is 367 g/mol. The van der Waals surface area contributed by atoms with Crippen molar-refractivity contribution in [3.63, 3.8) is 0 Å². The zero-order chi connectivity index (χ0) is 19.2. The number of aliphatic carboxylic acids is 1. The summed E-state index contributed by atoms with van der Waals surface area (Å²) in [7, 11) is 0. The molecule has 0 amide bonds. The number of carboxylic acids is 1. The standard InChI is InChI=1S/C21H25N3O3/c1-14(21(25)26)12-17-15(2)24-19-8-7-16(13-18(17)19)27-11-5-10-23-20-6-3-4-9-22-20/h3-4,6-9,13-14,24H,5,10-12H2,1-2H3,(H,22,23)(H,25,26). The van der Waals surface area contributed by atoms with Crippen molar-refractivity contribution >= 4 is 22.7 Å². The number of anilines is 1. The van der Waals surface area contributed by atoms with Crippen LogP contribution in [0.3, 0.4) is 0 Å². The molecule has 0 aliphatic heterocycles. The molecule has 1 unspecified atom stereocenters. The third-order valence-corrected chi connectivity index (χ3v) is 4.58. The number of rotatable bonds is 9. The van der Waals surface area contributed by atoms with Crippen molar-refractivity contribution in [2.24, 2.45) is 5.92 Å². The van der Waals surface area contributed by atoms with Crippen LogP contribution in [-0.4, -0.2) is 34.2 Å². The van der Waals surface area contributed by atoms with Gasteiger partial charge in [0.2, 0.25) is 0 Å². The van der Waals surface area contributed by atoms with Crippen molar-refractivity contribution in [1.82, 2.24) is 9.97 Å². The maximum absolute atomic E-state index is 11.2. The fourth-order valence-electron chi connectivity index (χ4n) is 3.05. The lowest BCUT2D eigenvalue weighted by atomic mass is 9.99. The van der Waals surface area contributed by atoms with Gasteiger partial charge < -0.3 is 20.1 Å². The van der Waals surface area contributed by atoms with Crippen LogP contribution in [-0.2, 0) is 11.2 Å². The van der Waals surface area contributed by atoms with E-state index in [1.807, 2.05) is 43.3 Å². The number of nitrogens with one attached hydrogen (secondary N) is 2. The highest BCUT2D eigenvalue weighted by atomic mass is 16.5. The average molecular weight is 367 g/mol. The minimum atomic E-state index is -0.781. The number of aromatic nitrogens is 2. The maximum atomic E-state index is 11.2. The van der Waals surface area contributed by atoms with E-state index in [2.05, 4.69) is 15.3 Å². The van der Waals surface area contributed by atoms with Gasteiger partial charge in [-0.05, 0) is 55.7 Å². The Morgan fingerprint density at radius 3 is 2.93 bits per heavy atom. The van der Waals surface area contributed by atoms with Gasteiger partial charge in [-0.25, -0.2) is 4.98 Å². The molecule has 0 radical (unpaired) electrons. The quantitative estimate of drug-likeness (QED) is 0.497. The molecule has 3 aromatic rings. The molecule has 3 rings (SSSR count). The second-order valence-electron chi connectivity index (χ2n) is 6.72. The number of carbonyl (C=O) groups is 1. The van der Waals surface area contributed by atoms with E-state index in [-0.39, 0.29) is 0 Å². The number of H-pyrrole nitrogens is 1. The highest BCUT2D eigenvalue weighted by Gasteiger charge is 2.17. The van der Waals surface area contributed by atoms with Crippen LogP contribution in [0.1, 0.15) is 24.6 Å². The number of hydrogen-bond donors (Lipinski definition) is 3. The predicted molar refractivity (Wildman–Crippen MR) is 106 cm³/mol. The lowest BCUT2D eigenvalue weighted by molar-refractivity contribution is -0.141. The molecule has 142 valence electrons. The molecule has 0 saturated carbocycles. The number of ether oxygens (including phenoxy) is 1. The molecule has 2 aromatic heterocycles. The van der Waals surface area contributed by atoms with Gasteiger partial charge in [-0.15, -0.1) is 0 Å². The summed E-state index contributed by atoms with van der Waals surface area (Å²) in [4.78, 5) is 18.7. The largest absolute Gasteiger partial charge is 0.494 e. The van der Waals surface area contributed by atoms with Gasteiger partial charge in [0.1, 0.15) is 11.6 Å². The van der Waals surface area contributed by atoms with Crippen LogP contribution in [0.5, 0.6) is 5.75 Å². The van der Waals surface area contributed by atoms with E-state index in [0.717, 1.165) is 46.7 Å². The second kappa shape index (κ2) is 8.58. The summed E-state index contributed by atoms with van der Waals surface area (Å²) in [6, 6.07) is 11.7. The summed E-state index contributed by atoms with van der Waals surface area (Å²) >= 11 is 0. The number of pyridine rings is 1. The Kier molecular flexibility index (Phi) is 5.96. The molecule has 0 saturated heterocycles. The summed E-state index contributed by atoms with van der Waals surface area (Å²) in [5.41, 5.74) is 3.06. The van der Waals surface area contributed by atoms with Gasteiger partial charge in [0.05, 0.1) is 12.5 Å². The van der Waals surface area contributed by atoms with Crippen LogP contribution >= 0.6 is 0 Å². The fraction of sp³-hybridized carbons (Fsp3) is 0.333. The van der Waals surface area contributed by atoms with Gasteiger partial charge in [-0.2, -0.15) is 0 Å². The number of nitrogens with zero attached hydrogens (tertiary/aromatic N) is 1. The van der Waals surface area contributed by atoms with Crippen molar-refractivity contribution in [3.05, 3.63) is 53.9 Å². The molecule has 0 aliphatic carbocycles. The molecule has 2 heterocycles. The van der Waals surface area contributed by atoms with Gasteiger partial charge >= 0.3 is 5.97 Å². The van der Waals surface area contributed by atoms with Crippen LogP contribution < -0.4 is 10.1 Å². The molecular formula is C21H25N3O3. The second-order valence-corrected chi connectivity index (χ2v) is 6.72. The van der Waals surface area contributed by atoms with Gasteiger partial charge in [-0.1, -0.05) is 13.0 Å². The Labute approximate surface area is 158 Å². The maximum Gasteiger partial charge on any atom is 0.306 e. The van der Waals surface area contributed by atoms with Crippen LogP contribution in [0.2, 0.25) is 0 Å². The molecule has 0 spiro atoms. The third-order valence-electron chi connectivity index (χ3n) is 4.58. The topological polar surface area (TPSA) is 87.2 Å². The van der Waals surface area contributed by atoms with Crippen molar-refractivity contribution in [2.75, 3.05) is 18.5 Å². The third kappa shape index (κ3) is 4.78. The highest BCUT2D eigenvalue weighted by molar-refractivity contribution is 5.86. The molecule has 6 heteroatoms. The van der Waals surface area contributed by atoms with E-state index in [1.54, 1.807) is 13.1 Å². The van der Waals surface area contributed by atoms with E-state index in [4.69, 9.17) is 4.74 Å². The van der Waals surface area contributed by atoms with E-state index in [1.165, 1.54) is 0 Å². The number of fused-ring (bicyclic) bond motifs is 1. The van der Waals surface area contributed by atoms with Crippen LogP contribution in [0, 0.1) is 12.8 Å². The zero-order valence-corrected chi connectivity index (χ0v) is 15.7. The SMILES string of the molecule is Cc1[nH]c2ccc(OCCCNc3ccccn3)cc2c1CC(C)C(=O)O. The van der Waals surface area contributed by atoms with E-state index in [0.29, 0.717) is 13.0 Å². The van der Waals surface area contributed by atoms with Gasteiger partial charge in [0, 0.05) is 29.3 Å². The summed E-state index contributed by atoms with van der Waals surface area (Å²) in [6.07, 6.45) is 3.11. The minimum absolute atomic E-state index is 0.426. The first-order valence-corrected chi connectivity index (χ1v) is 9.16. The van der Waals surface area contributed by atoms with Crippen molar-refractivity contribution in [1.29, 1.82) is 0 Å². The van der Waals surface area contributed by atoms with E-state index >= 15 is 0 Å². The summed E-state index contributed by atoms with van der Waals surface area (Å²) in [5, 5.41) is 13.5. The molecule has 0 fully saturated rings. The van der Waals surface area contributed by atoms with Crippen LogP contribution in [0.25, 0.3) is 10.9 Å². The molecule has 27 heavy (non-hydrogen) atoms. The highest BCUT2D eigenvalue weighted by Crippen LogP contribution is 2.28. The predicted octanol–water partition coefficient (Wildman–Crippen LogP) is 4.02. The Bertz CT molecular complexity index is 906. The van der Waals surface area contributed by atoms with Crippen molar-refractivity contribution < 1.29 is 14.6 Å². The summed E-state index contributed by atoms with van der Waals surface area (Å²) < 4.78 is 5.88. The lowest BCUT2D eigenvalue weighted by Gasteiger charge is -2.09. The van der Waals surface area contributed by atoms with Gasteiger partial charge in [0.25, 0.3) is 0 Å². The fourth-order valence-corrected chi connectivity index (χ4v) is 3.05. The first kappa shape index (κ1) is 18.8. The van der Waals surface area contributed by atoms with Crippen LogP contribution in [0.15, 0.2) is 42.6 Å². The number of hydrogen-bond acceptors (Lipinski definition) is 4. The Morgan fingerprint density at radius 1 is 1.33 bits per heavy atom. The number of carboxylic acid groups (broad SMARTS) is 1. The Balaban J connectivity index is 1.59.